The molecule has 0 atom stereocenters. The number of aromatic nitrogens is 3. The van der Waals surface area contributed by atoms with Crippen LogP contribution in [0.4, 0.5) is 5.69 Å². The van der Waals surface area contributed by atoms with E-state index in [0.717, 1.165) is 11.0 Å². The zero-order chi connectivity index (χ0) is 21.1. The van der Waals surface area contributed by atoms with E-state index < -0.39 is 4.92 Å². The number of Topliss-reactive ketones (excluding diaryl/α,β-unsaturated/α-hetero) is 1. The minimum Gasteiger partial charge on any atom is -0.453 e. The molecule has 0 saturated heterocycles. The third kappa shape index (κ3) is 3.87. The Labute approximate surface area is 175 Å². The van der Waals surface area contributed by atoms with Crippen LogP contribution in [0.1, 0.15) is 10.4 Å². The monoisotopic (exact) mass is 420 g/mol. The first-order chi connectivity index (χ1) is 14.6. The molecule has 0 aliphatic heterocycles. The SMILES string of the molecule is C=CCn1c(SCC(=O)c2cccc([N+](=O)[O-])c2)nnc1-c1cc2ccccc2o1. The van der Waals surface area contributed by atoms with E-state index >= 15 is 0 Å². The lowest BCUT2D eigenvalue weighted by atomic mass is 10.1. The number of para-hydroxylation sites is 1. The fraction of sp³-hybridized carbons (Fsp3) is 0.0952. The molecule has 0 N–H and O–H groups in total. The van der Waals surface area contributed by atoms with Crippen LogP contribution in [-0.4, -0.2) is 31.2 Å². The maximum atomic E-state index is 12.5. The molecule has 0 amide bonds. The van der Waals surface area contributed by atoms with E-state index in [9.17, 15) is 14.9 Å². The van der Waals surface area contributed by atoms with E-state index in [4.69, 9.17) is 4.42 Å². The fourth-order valence-electron chi connectivity index (χ4n) is 2.97. The summed E-state index contributed by atoms with van der Waals surface area (Å²) in [4.78, 5) is 22.9. The summed E-state index contributed by atoms with van der Waals surface area (Å²) in [5.41, 5.74) is 0.910. The van der Waals surface area contributed by atoms with Crippen LogP contribution in [0.3, 0.4) is 0 Å². The predicted molar refractivity (Wildman–Crippen MR) is 114 cm³/mol. The average Bonchev–Trinajstić information content (AvgIpc) is 3.36. The number of hydrogen-bond donors (Lipinski definition) is 0. The largest absolute Gasteiger partial charge is 0.453 e. The second-order valence-electron chi connectivity index (χ2n) is 6.37. The number of ketones is 1. The smallest absolute Gasteiger partial charge is 0.270 e. The van der Waals surface area contributed by atoms with Crippen molar-refractivity contribution in [1.82, 2.24) is 14.8 Å². The summed E-state index contributed by atoms with van der Waals surface area (Å²) in [6, 6.07) is 15.2. The Morgan fingerprint density at radius 2 is 2.03 bits per heavy atom. The average molecular weight is 420 g/mol. The van der Waals surface area contributed by atoms with E-state index in [2.05, 4.69) is 16.8 Å². The first-order valence-electron chi connectivity index (χ1n) is 9.00. The predicted octanol–water partition coefficient (Wildman–Crippen LogP) is 4.76. The van der Waals surface area contributed by atoms with Gasteiger partial charge in [0.1, 0.15) is 5.58 Å². The number of allylic oxidation sites excluding steroid dienone is 1. The zero-order valence-electron chi connectivity index (χ0n) is 15.7. The van der Waals surface area contributed by atoms with Gasteiger partial charge in [-0.25, -0.2) is 0 Å². The highest BCUT2D eigenvalue weighted by molar-refractivity contribution is 7.99. The van der Waals surface area contributed by atoms with Crippen LogP contribution in [0.25, 0.3) is 22.6 Å². The van der Waals surface area contributed by atoms with Gasteiger partial charge in [-0.3, -0.25) is 19.5 Å². The lowest BCUT2D eigenvalue weighted by Crippen LogP contribution is -2.06. The second-order valence-corrected chi connectivity index (χ2v) is 7.32. The summed E-state index contributed by atoms with van der Waals surface area (Å²) in [5, 5.41) is 20.8. The maximum absolute atomic E-state index is 12.5. The van der Waals surface area contributed by atoms with Crippen molar-refractivity contribution in [3.63, 3.8) is 0 Å². The summed E-state index contributed by atoms with van der Waals surface area (Å²) < 4.78 is 7.70. The number of thioether (sulfide) groups is 1. The van der Waals surface area contributed by atoms with Crippen molar-refractivity contribution in [2.75, 3.05) is 5.75 Å². The molecule has 8 nitrogen and oxygen atoms in total. The van der Waals surface area contributed by atoms with Crippen molar-refractivity contribution in [2.24, 2.45) is 0 Å². The molecule has 0 aliphatic rings. The number of fused-ring (bicyclic) bond motifs is 1. The molecule has 4 rings (SSSR count). The highest BCUT2D eigenvalue weighted by atomic mass is 32.2. The summed E-state index contributed by atoms with van der Waals surface area (Å²) in [6.45, 7) is 4.21. The van der Waals surface area contributed by atoms with E-state index in [1.165, 1.54) is 30.0 Å². The number of nitro groups is 1. The number of rotatable bonds is 8. The number of nitro benzene ring substituents is 1. The van der Waals surface area contributed by atoms with Gasteiger partial charge in [-0.15, -0.1) is 16.8 Å². The maximum Gasteiger partial charge on any atom is 0.270 e. The van der Waals surface area contributed by atoms with Gasteiger partial charge in [-0.1, -0.05) is 48.2 Å². The van der Waals surface area contributed by atoms with Gasteiger partial charge in [0.05, 0.1) is 10.7 Å². The molecule has 2 aromatic heterocycles. The van der Waals surface area contributed by atoms with Gasteiger partial charge >= 0.3 is 0 Å². The van der Waals surface area contributed by atoms with Crippen molar-refractivity contribution in [3.8, 4) is 11.6 Å². The molecule has 2 heterocycles. The van der Waals surface area contributed by atoms with E-state index in [1.807, 2.05) is 34.9 Å². The molecule has 0 radical (unpaired) electrons. The molecule has 2 aromatic carbocycles. The van der Waals surface area contributed by atoms with Crippen LogP contribution in [-0.2, 0) is 6.54 Å². The van der Waals surface area contributed by atoms with Gasteiger partial charge in [0.25, 0.3) is 5.69 Å². The molecule has 30 heavy (non-hydrogen) atoms. The highest BCUT2D eigenvalue weighted by Gasteiger charge is 2.19. The summed E-state index contributed by atoms with van der Waals surface area (Å²) >= 11 is 1.21. The molecule has 0 spiro atoms. The molecular weight excluding hydrogens is 404 g/mol. The van der Waals surface area contributed by atoms with Crippen molar-refractivity contribution in [1.29, 1.82) is 0 Å². The van der Waals surface area contributed by atoms with Gasteiger partial charge in [0.15, 0.2) is 16.7 Å². The van der Waals surface area contributed by atoms with Crippen LogP contribution in [0, 0.1) is 10.1 Å². The molecule has 0 bridgehead atoms. The van der Waals surface area contributed by atoms with Gasteiger partial charge in [-0.2, -0.15) is 0 Å². The Kier molecular flexibility index (Phi) is 5.44. The van der Waals surface area contributed by atoms with Crippen molar-refractivity contribution >= 4 is 34.2 Å². The molecule has 4 aromatic rings. The molecule has 0 unspecified atom stereocenters. The third-order valence-corrected chi connectivity index (χ3v) is 5.35. The summed E-state index contributed by atoms with van der Waals surface area (Å²) in [6.07, 6.45) is 1.71. The van der Waals surface area contributed by atoms with Crippen molar-refractivity contribution < 1.29 is 14.1 Å². The normalized spacial score (nSPS) is 10.9. The molecular formula is C21H16N4O4S. The third-order valence-electron chi connectivity index (χ3n) is 4.39. The van der Waals surface area contributed by atoms with Gasteiger partial charge in [0, 0.05) is 29.6 Å². The van der Waals surface area contributed by atoms with E-state index in [0.29, 0.717) is 23.3 Å². The number of non-ortho nitro benzene ring substituents is 1. The minimum atomic E-state index is -0.524. The highest BCUT2D eigenvalue weighted by Crippen LogP contribution is 2.29. The first kappa shape index (κ1) is 19.6. The molecule has 0 aliphatic carbocycles. The van der Waals surface area contributed by atoms with E-state index in [-0.39, 0.29) is 22.8 Å². The number of furan rings is 1. The molecule has 0 fully saturated rings. The van der Waals surface area contributed by atoms with Crippen molar-refractivity contribution in [2.45, 2.75) is 11.7 Å². The standard InChI is InChI=1S/C21H16N4O4S/c1-2-10-24-20(19-12-15-6-3-4-9-18(15)29-19)22-23-21(24)30-13-17(26)14-7-5-8-16(11-14)25(27)28/h2-9,11-12H,1,10,13H2. The lowest BCUT2D eigenvalue weighted by Gasteiger charge is -2.06. The zero-order valence-corrected chi connectivity index (χ0v) is 16.5. The molecule has 9 heteroatoms. The Morgan fingerprint density at radius 3 is 2.80 bits per heavy atom. The molecule has 150 valence electrons. The van der Waals surface area contributed by atoms with Gasteiger partial charge < -0.3 is 4.42 Å². The Balaban J connectivity index is 1.57. The van der Waals surface area contributed by atoms with Crippen LogP contribution in [0.5, 0.6) is 0 Å². The van der Waals surface area contributed by atoms with Crippen LogP contribution < -0.4 is 0 Å². The Morgan fingerprint density at radius 1 is 1.20 bits per heavy atom. The fourth-order valence-corrected chi connectivity index (χ4v) is 3.81. The number of nitrogens with zero attached hydrogens (tertiary/aromatic N) is 4. The number of carbonyl (C=O) groups excluding carboxylic acids is 1. The topological polar surface area (TPSA) is 104 Å². The lowest BCUT2D eigenvalue weighted by molar-refractivity contribution is -0.384. The van der Waals surface area contributed by atoms with Crippen molar-refractivity contribution in [3.05, 3.63) is 82.9 Å². The second kappa shape index (κ2) is 8.34. The van der Waals surface area contributed by atoms with Gasteiger partial charge in [0.2, 0.25) is 5.82 Å². The number of benzene rings is 2. The number of carbonyl (C=O) groups is 1. The van der Waals surface area contributed by atoms with Crippen LogP contribution >= 0.6 is 11.8 Å². The summed E-state index contributed by atoms with van der Waals surface area (Å²) in [5.74, 6) is 0.942. The van der Waals surface area contributed by atoms with Crippen LogP contribution in [0.2, 0.25) is 0 Å². The minimum absolute atomic E-state index is 0.0660. The summed E-state index contributed by atoms with van der Waals surface area (Å²) in [7, 11) is 0. The van der Waals surface area contributed by atoms with Crippen LogP contribution in [0.15, 0.2) is 76.8 Å². The van der Waals surface area contributed by atoms with E-state index in [1.54, 1.807) is 12.1 Å². The Bertz CT molecular complexity index is 1230. The van der Waals surface area contributed by atoms with Gasteiger partial charge in [-0.05, 0) is 12.1 Å². The quantitative estimate of drug-likeness (QED) is 0.133. The number of hydrogen-bond acceptors (Lipinski definition) is 7. The molecule has 0 saturated carbocycles. The first-order valence-corrected chi connectivity index (χ1v) is 9.99. The Hall–Kier alpha value is -3.72.